The monoisotopic (exact) mass is 191 g/mol. The third-order valence-corrected chi connectivity index (χ3v) is 3.47. The Hall–Kier alpha value is 0.210. The van der Waals surface area contributed by atoms with Crippen molar-refractivity contribution < 1.29 is 4.74 Å². The smallest absolute Gasteiger partial charge is 0.0682 e. The third-order valence-electron chi connectivity index (χ3n) is 3.47. The molecular weight excluding hydrogens is 174 g/mol. The van der Waals surface area contributed by atoms with Crippen LogP contribution in [0.1, 0.15) is 39.0 Å². The molecule has 3 rings (SSSR count). The fraction of sp³-hybridized carbons (Fsp3) is 1.00. The van der Waals surface area contributed by atoms with Gasteiger partial charge >= 0.3 is 0 Å². The minimum absolute atomic E-state index is 0. The molecule has 12 heavy (non-hydrogen) atoms. The molecule has 2 nitrogen and oxygen atoms in total. The van der Waals surface area contributed by atoms with E-state index in [1.54, 1.807) is 0 Å². The van der Waals surface area contributed by atoms with Crippen LogP contribution in [0, 0.1) is 0 Å². The van der Waals surface area contributed by atoms with Gasteiger partial charge in [-0.05, 0) is 32.1 Å². The highest BCUT2D eigenvalue weighted by atomic mass is 35.5. The number of halogens is 1. The Labute approximate surface area is 80.3 Å². The molecule has 1 aliphatic carbocycles. The van der Waals surface area contributed by atoms with Gasteiger partial charge in [-0.25, -0.2) is 0 Å². The molecule has 2 bridgehead atoms. The molecule has 3 fully saturated rings. The molecule has 0 atom stereocenters. The molecule has 1 saturated carbocycles. The first-order valence-corrected chi connectivity index (χ1v) is 4.61. The fourth-order valence-corrected chi connectivity index (χ4v) is 2.24. The Kier molecular flexibility index (Phi) is 2.72. The van der Waals surface area contributed by atoms with Crippen molar-refractivity contribution in [2.45, 2.75) is 50.2 Å². The van der Waals surface area contributed by atoms with E-state index < -0.39 is 0 Å². The van der Waals surface area contributed by atoms with Crippen LogP contribution in [-0.2, 0) is 4.74 Å². The van der Waals surface area contributed by atoms with Crippen LogP contribution in [-0.4, -0.2) is 17.7 Å². The topological polar surface area (TPSA) is 35.2 Å². The van der Waals surface area contributed by atoms with Gasteiger partial charge < -0.3 is 10.5 Å². The SMILES string of the molecule is CCC12CCC(N)(CC1)CO2.Cl. The van der Waals surface area contributed by atoms with Gasteiger partial charge in [-0.3, -0.25) is 0 Å². The zero-order valence-corrected chi connectivity index (χ0v) is 8.45. The molecular formula is C9H18ClNO. The lowest BCUT2D eigenvalue weighted by atomic mass is 9.71. The van der Waals surface area contributed by atoms with Crippen LogP contribution < -0.4 is 5.73 Å². The Morgan fingerprint density at radius 2 is 1.83 bits per heavy atom. The molecule has 0 unspecified atom stereocenters. The minimum Gasteiger partial charge on any atom is -0.373 e. The highest BCUT2D eigenvalue weighted by Gasteiger charge is 2.46. The van der Waals surface area contributed by atoms with E-state index in [2.05, 4.69) is 6.92 Å². The quantitative estimate of drug-likeness (QED) is 0.687. The Morgan fingerprint density at radius 3 is 2.17 bits per heavy atom. The van der Waals surface area contributed by atoms with Crippen LogP contribution in [0.3, 0.4) is 0 Å². The number of nitrogens with two attached hydrogens (primary N) is 1. The van der Waals surface area contributed by atoms with Crippen LogP contribution in [0.25, 0.3) is 0 Å². The van der Waals surface area contributed by atoms with Crippen LogP contribution in [0.4, 0.5) is 0 Å². The van der Waals surface area contributed by atoms with Gasteiger partial charge in [0.05, 0.1) is 12.2 Å². The van der Waals surface area contributed by atoms with Crippen LogP contribution >= 0.6 is 12.4 Å². The average molecular weight is 192 g/mol. The van der Waals surface area contributed by atoms with Crippen molar-refractivity contribution in [2.75, 3.05) is 6.61 Å². The van der Waals surface area contributed by atoms with E-state index in [-0.39, 0.29) is 23.5 Å². The van der Waals surface area contributed by atoms with E-state index in [9.17, 15) is 0 Å². The first kappa shape index (κ1) is 10.3. The van der Waals surface area contributed by atoms with Gasteiger partial charge in [0.25, 0.3) is 0 Å². The predicted octanol–water partition coefficient (Wildman–Crippen LogP) is 1.86. The molecule has 2 saturated heterocycles. The highest BCUT2D eigenvalue weighted by Crippen LogP contribution is 2.43. The summed E-state index contributed by atoms with van der Waals surface area (Å²) in [7, 11) is 0. The molecule has 0 radical (unpaired) electrons. The summed E-state index contributed by atoms with van der Waals surface area (Å²) in [5.74, 6) is 0. The zero-order chi connectivity index (χ0) is 7.95. The second-order valence-electron chi connectivity index (χ2n) is 4.19. The lowest BCUT2D eigenvalue weighted by molar-refractivity contribution is -0.154. The maximum Gasteiger partial charge on any atom is 0.0682 e. The van der Waals surface area contributed by atoms with Crippen LogP contribution in [0.2, 0.25) is 0 Å². The van der Waals surface area contributed by atoms with Gasteiger partial charge in [0.15, 0.2) is 0 Å². The molecule has 0 aromatic heterocycles. The Balaban J connectivity index is 0.000000720. The van der Waals surface area contributed by atoms with Crippen molar-refractivity contribution in [3.63, 3.8) is 0 Å². The van der Waals surface area contributed by atoms with E-state index in [0.29, 0.717) is 0 Å². The molecule has 0 aromatic rings. The predicted molar refractivity (Wildman–Crippen MR) is 51.6 cm³/mol. The summed E-state index contributed by atoms with van der Waals surface area (Å²) in [6.07, 6.45) is 5.85. The summed E-state index contributed by atoms with van der Waals surface area (Å²) >= 11 is 0. The lowest BCUT2D eigenvalue weighted by Crippen LogP contribution is -2.59. The van der Waals surface area contributed by atoms with Gasteiger partial charge in [-0.15, -0.1) is 12.4 Å². The third kappa shape index (κ3) is 1.48. The normalized spacial score (nSPS) is 45.5. The zero-order valence-electron chi connectivity index (χ0n) is 7.64. The van der Waals surface area contributed by atoms with Crippen LogP contribution in [0.15, 0.2) is 0 Å². The fourth-order valence-electron chi connectivity index (χ4n) is 2.24. The Bertz CT molecular complexity index is 147. The van der Waals surface area contributed by atoms with E-state index >= 15 is 0 Å². The molecule has 3 heteroatoms. The summed E-state index contributed by atoms with van der Waals surface area (Å²) in [5, 5.41) is 0. The summed E-state index contributed by atoms with van der Waals surface area (Å²) in [4.78, 5) is 0. The molecule has 0 spiro atoms. The number of fused-ring (bicyclic) bond motifs is 3. The average Bonchev–Trinajstić information content (AvgIpc) is 2.07. The van der Waals surface area contributed by atoms with Crippen molar-refractivity contribution in [2.24, 2.45) is 5.73 Å². The summed E-state index contributed by atoms with van der Waals surface area (Å²) < 4.78 is 5.79. The number of hydrogen-bond acceptors (Lipinski definition) is 2. The first-order valence-electron chi connectivity index (χ1n) is 4.61. The van der Waals surface area contributed by atoms with E-state index in [4.69, 9.17) is 10.5 Å². The van der Waals surface area contributed by atoms with Crippen molar-refractivity contribution in [1.29, 1.82) is 0 Å². The van der Waals surface area contributed by atoms with Crippen molar-refractivity contribution in [3.8, 4) is 0 Å². The molecule has 2 aliphatic heterocycles. The van der Waals surface area contributed by atoms with Gasteiger partial charge in [0, 0.05) is 5.54 Å². The second-order valence-corrected chi connectivity index (χ2v) is 4.19. The van der Waals surface area contributed by atoms with Crippen molar-refractivity contribution in [3.05, 3.63) is 0 Å². The summed E-state index contributed by atoms with van der Waals surface area (Å²) in [5.41, 5.74) is 6.35. The number of rotatable bonds is 1. The number of ether oxygens (including phenoxy) is 1. The molecule has 2 heterocycles. The summed E-state index contributed by atoms with van der Waals surface area (Å²) in [6, 6.07) is 0. The first-order chi connectivity index (χ1) is 5.18. The second kappa shape index (κ2) is 3.17. The Morgan fingerprint density at radius 1 is 1.25 bits per heavy atom. The lowest BCUT2D eigenvalue weighted by Gasteiger charge is -2.51. The van der Waals surface area contributed by atoms with Crippen molar-refractivity contribution >= 4 is 12.4 Å². The van der Waals surface area contributed by atoms with E-state index in [1.165, 1.54) is 25.7 Å². The van der Waals surface area contributed by atoms with Gasteiger partial charge in [-0.1, -0.05) is 6.92 Å². The van der Waals surface area contributed by atoms with Gasteiger partial charge in [0.1, 0.15) is 0 Å². The maximum atomic E-state index is 6.08. The van der Waals surface area contributed by atoms with Gasteiger partial charge in [0.2, 0.25) is 0 Å². The molecule has 2 N–H and O–H groups in total. The summed E-state index contributed by atoms with van der Waals surface area (Å²) in [6.45, 7) is 3.01. The standard InChI is InChI=1S/C9H17NO.ClH/c1-2-9-5-3-8(10,4-6-9)7-11-9;/h2-7,10H2,1H3;1H. The number of hydrogen-bond donors (Lipinski definition) is 1. The minimum atomic E-state index is 0. The van der Waals surface area contributed by atoms with Crippen molar-refractivity contribution in [1.82, 2.24) is 0 Å². The molecule has 0 aromatic carbocycles. The van der Waals surface area contributed by atoms with E-state index in [1.807, 2.05) is 0 Å². The highest BCUT2D eigenvalue weighted by molar-refractivity contribution is 5.85. The van der Waals surface area contributed by atoms with Gasteiger partial charge in [-0.2, -0.15) is 0 Å². The van der Waals surface area contributed by atoms with E-state index in [0.717, 1.165) is 13.0 Å². The van der Waals surface area contributed by atoms with Crippen LogP contribution in [0.5, 0.6) is 0 Å². The molecule has 3 aliphatic rings. The molecule has 72 valence electrons. The molecule has 0 amide bonds. The maximum absolute atomic E-state index is 6.08. The largest absolute Gasteiger partial charge is 0.373 e.